The Morgan fingerprint density at radius 2 is 1.86 bits per heavy atom. The van der Waals surface area contributed by atoms with Crippen molar-refractivity contribution in [2.24, 2.45) is 0 Å². The van der Waals surface area contributed by atoms with Crippen LogP contribution in [0, 0.1) is 6.26 Å². The van der Waals surface area contributed by atoms with Gasteiger partial charge in [0.25, 0.3) is 0 Å². The standard InChI is InChI=1S/C22H31O5Si.Li/c1-7-13-23-19-14-17(27-28(5,6)22(2,3)4)20-18(25-19)15-24-21(26-20)16-11-9-8-10-12-16;/h8-12,17-21H,1,14-15H2,2-6H3;/q-1;+1/t17-,18+,19-,20-,21?;/m0./s1. The average Bonchev–Trinajstić information content (AvgIpc) is 2.65. The molecule has 0 bridgehead atoms. The third kappa shape index (κ3) is 5.88. The van der Waals surface area contributed by atoms with E-state index in [0.717, 1.165) is 5.56 Å². The minimum absolute atomic E-state index is 0. The second kappa shape index (κ2) is 10.0. The monoisotopic (exact) mass is 410 g/mol. The van der Waals surface area contributed by atoms with E-state index in [4.69, 9.17) is 23.4 Å². The molecule has 0 N–H and O–H groups in total. The summed E-state index contributed by atoms with van der Waals surface area (Å²) in [7, 11) is -2.01. The van der Waals surface area contributed by atoms with Crippen molar-refractivity contribution in [3.8, 4) is 0 Å². The summed E-state index contributed by atoms with van der Waals surface area (Å²) in [4.78, 5) is 0. The van der Waals surface area contributed by atoms with Gasteiger partial charge >= 0.3 is 18.9 Å². The molecule has 2 aliphatic heterocycles. The third-order valence-electron chi connectivity index (χ3n) is 5.76. The maximum Gasteiger partial charge on any atom is 1.00 e. The van der Waals surface area contributed by atoms with E-state index in [1.54, 1.807) is 0 Å². The number of hydrogen-bond donors (Lipinski definition) is 0. The van der Waals surface area contributed by atoms with Gasteiger partial charge in [0.15, 0.2) is 20.9 Å². The molecule has 0 saturated carbocycles. The molecule has 0 spiro atoms. The molecule has 1 unspecified atom stereocenters. The molecule has 2 aliphatic rings. The fourth-order valence-corrected chi connectivity index (χ4v) is 4.54. The van der Waals surface area contributed by atoms with Crippen molar-refractivity contribution >= 4 is 8.32 Å². The topological polar surface area (TPSA) is 46.2 Å². The van der Waals surface area contributed by atoms with E-state index in [2.05, 4.69) is 52.4 Å². The summed E-state index contributed by atoms with van der Waals surface area (Å²) < 4.78 is 30.6. The van der Waals surface area contributed by atoms with Gasteiger partial charge in [0.1, 0.15) is 12.2 Å². The summed E-state index contributed by atoms with van der Waals surface area (Å²) in [6.45, 7) is 15.1. The van der Waals surface area contributed by atoms with Gasteiger partial charge in [-0.05, 0) is 24.4 Å². The summed E-state index contributed by atoms with van der Waals surface area (Å²) in [6.07, 6.45) is 1.57. The zero-order valence-electron chi connectivity index (χ0n) is 18.4. The summed E-state index contributed by atoms with van der Waals surface area (Å²) in [5.74, 6) is 0. The molecule has 154 valence electrons. The van der Waals surface area contributed by atoms with Crippen molar-refractivity contribution in [1.29, 1.82) is 0 Å². The van der Waals surface area contributed by atoms with E-state index < -0.39 is 20.9 Å². The van der Waals surface area contributed by atoms with Gasteiger partial charge in [-0.15, -0.1) is 0 Å². The number of benzene rings is 1. The quantitative estimate of drug-likeness (QED) is 0.320. The van der Waals surface area contributed by atoms with Crippen LogP contribution < -0.4 is 18.9 Å². The molecule has 5 atom stereocenters. The van der Waals surface area contributed by atoms with Crippen LogP contribution >= 0.6 is 0 Å². The molecule has 29 heavy (non-hydrogen) atoms. The Bertz CT molecular complexity index is 699. The van der Waals surface area contributed by atoms with Gasteiger partial charge in [-0.1, -0.05) is 51.1 Å². The minimum atomic E-state index is -2.01. The zero-order valence-corrected chi connectivity index (χ0v) is 19.4. The Morgan fingerprint density at radius 3 is 2.48 bits per heavy atom. The van der Waals surface area contributed by atoms with Crippen molar-refractivity contribution in [3.05, 3.63) is 54.5 Å². The van der Waals surface area contributed by atoms with E-state index in [1.165, 1.54) is 0 Å². The van der Waals surface area contributed by atoms with Crippen molar-refractivity contribution in [2.75, 3.05) is 6.61 Å². The molecule has 0 amide bonds. The number of fused-ring (bicyclic) bond motifs is 1. The van der Waals surface area contributed by atoms with Crippen LogP contribution in [0.2, 0.25) is 18.1 Å². The summed E-state index contributed by atoms with van der Waals surface area (Å²) in [6, 6.07) is 9.96. The SMILES string of the molecule is C=C=[C-]O[C@@H]1C[C@H](O[Si](C)(C)C(C)(C)C)[C@@H]2OC(c3ccccc3)OC[C@H]2O1.[Li+]. The van der Waals surface area contributed by atoms with E-state index in [1.807, 2.05) is 30.3 Å². The molecule has 1 aromatic carbocycles. The number of rotatable bonds is 5. The van der Waals surface area contributed by atoms with Crippen LogP contribution in [0.1, 0.15) is 39.0 Å². The predicted octanol–water partition coefficient (Wildman–Crippen LogP) is 1.73. The average molecular weight is 411 g/mol. The molecule has 0 aliphatic carbocycles. The molecule has 2 heterocycles. The third-order valence-corrected chi connectivity index (χ3v) is 10.3. The fourth-order valence-electron chi connectivity index (χ4n) is 3.20. The largest absolute Gasteiger partial charge is 1.00 e. The molecule has 1 aromatic rings. The normalized spacial score (nSPS) is 29.8. The van der Waals surface area contributed by atoms with Crippen molar-refractivity contribution < 1.29 is 42.2 Å². The molecule has 7 heteroatoms. The molecular formula is C22H31LiO5Si. The van der Waals surface area contributed by atoms with E-state index >= 15 is 0 Å². The second-order valence-electron chi connectivity index (χ2n) is 8.83. The maximum absolute atomic E-state index is 6.74. The Morgan fingerprint density at radius 1 is 1.17 bits per heavy atom. The van der Waals surface area contributed by atoms with Gasteiger partial charge in [0.05, 0.1) is 12.7 Å². The van der Waals surface area contributed by atoms with Crippen molar-refractivity contribution in [1.82, 2.24) is 0 Å². The maximum atomic E-state index is 6.74. The first-order valence-electron chi connectivity index (χ1n) is 9.79. The minimum Gasteiger partial charge on any atom is -0.562 e. The zero-order chi connectivity index (χ0) is 20.4. The molecule has 0 aromatic heterocycles. The smallest absolute Gasteiger partial charge is 0.562 e. The Balaban J connectivity index is 0.00000300. The first-order chi connectivity index (χ1) is 13.2. The van der Waals surface area contributed by atoms with E-state index in [0.29, 0.717) is 13.0 Å². The molecule has 2 saturated heterocycles. The van der Waals surface area contributed by atoms with Crippen molar-refractivity contribution in [2.45, 2.75) is 76.2 Å². The van der Waals surface area contributed by atoms with E-state index in [9.17, 15) is 0 Å². The first-order valence-corrected chi connectivity index (χ1v) is 12.7. The Kier molecular flexibility index (Phi) is 8.44. The second-order valence-corrected chi connectivity index (χ2v) is 13.6. The molecular weight excluding hydrogens is 379 g/mol. The van der Waals surface area contributed by atoms with E-state index in [-0.39, 0.29) is 42.2 Å². The van der Waals surface area contributed by atoms with Gasteiger partial charge in [-0.25, -0.2) is 6.58 Å². The Hall–Kier alpha value is -0.806. The summed E-state index contributed by atoms with van der Waals surface area (Å²) >= 11 is 0. The number of hydrogen-bond acceptors (Lipinski definition) is 5. The molecule has 3 rings (SSSR count). The molecule has 0 radical (unpaired) electrons. The van der Waals surface area contributed by atoms with Crippen molar-refractivity contribution in [3.63, 3.8) is 0 Å². The summed E-state index contributed by atoms with van der Waals surface area (Å²) in [5.41, 5.74) is 3.50. The van der Waals surface area contributed by atoms with Crippen LogP contribution in [0.5, 0.6) is 0 Å². The van der Waals surface area contributed by atoms with Gasteiger partial charge in [-0.3, -0.25) is 5.73 Å². The van der Waals surface area contributed by atoms with Gasteiger partial charge in [0, 0.05) is 12.0 Å². The van der Waals surface area contributed by atoms with Gasteiger partial charge in [0.2, 0.25) is 0 Å². The van der Waals surface area contributed by atoms with Crippen LogP contribution in [-0.2, 0) is 23.4 Å². The molecule has 5 nitrogen and oxygen atoms in total. The first kappa shape index (κ1) is 24.5. The van der Waals surface area contributed by atoms with Crippen LogP contribution in [-0.4, -0.2) is 39.5 Å². The number of ether oxygens (including phenoxy) is 4. The predicted molar refractivity (Wildman–Crippen MR) is 109 cm³/mol. The van der Waals surface area contributed by atoms with Crippen LogP contribution in [0.15, 0.2) is 42.6 Å². The van der Waals surface area contributed by atoms with Crippen LogP contribution in [0.25, 0.3) is 0 Å². The van der Waals surface area contributed by atoms with Crippen LogP contribution in [0.4, 0.5) is 0 Å². The summed E-state index contributed by atoms with van der Waals surface area (Å²) in [5, 5.41) is 0.0916. The Labute approximate surface area is 187 Å². The molecule has 2 fully saturated rings. The van der Waals surface area contributed by atoms with Crippen LogP contribution in [0.3, 0.4) is 0 Å². The van der Waals surface area contributed by atoms with Gasteiger partial charge < -0.3 is 23.4 Å². The van der Waals surface area contributed by atoms with Gasteiger partial charge in [-0.2, -0.15) is 0 Å². The fraction of sp³-hybridized carbons (Fsp3) is 0.591.